The van der Waals surface area contributed by atoms with Crippen LogP contribution in [0.3, 0.4) is 0 Å². The molecule has 0 atom stereocenters. The lowest BCUT2D eigenvalue weighted by molar-refractivity contribution is 0.560. The van der Waals surface area contributed by atoms with Gasteiger partial charge in [-0.3, -0.25) is 0 Å². The third kappa shape index (κ3) is 0.882. The number of aryl methyl sites for hydroxylation is 2. The first kappa shape index (κ1) is 7.80. The van der Waals surface area contributed by atoms with Crippen LogP contribution in [-0.4, -0.2) is 4.98 Å². The third-order valence-electron chi connectivity index (χ3n) is 2.80. The van der Waals surface area contributed by atoms with E-state index >= 15 is 0 Å². The second-order valence-electron chi connectivity index (χ2n) is 3.78. The average molecular weight is 185 g/mol. The van der Waals surface area contributed by atoms with Crippen LogP contribution in [0.25, 0.3) is 16.7 Å². The molecule has 1 aromatic heterocycles. The van der Waals surface area contributed by atoms with Crippen molar-refractivity contribution in [1.29, 1.82) is 0 Å². The van der Waals surface area contributed by atoms with E-state index in [-0.39, 0.29) is 0 Å². The van der Waals surface area contributed by atoms with Gasteiger partial charge in [0.05, 0.1) is 0 Å². The number of nitrogens with zero attached hydrogens (tertiary/aromatic N) is 1. The summed E-state index contributed by atoms with van der Waals surface area (Å²) in [7, 11) is 0. The van der Waals surface area contributed by atoms with Gasteiger partial charge in [-0.1, -0.05) is 12.6 Å². The Bertz CT molecular complexity index is 536. The Labute approximate surface area is 82.3 Å². The van der Waals surface area contributed by atoms with Gasteiger partial charge >= 0.3 is 0 Å². The molecule has 0 bridgehead atoms. The van der Waals surface area contributed by atoms with Crippen LogP contribution in [0.2, 0.25) is 0 Å². The topological polar surface area (TPSA) is 26.0 Å². The van der Waals surface area contributed by atoms with E-state index in [1.807, 2.05) is 13.0 Å². The number of hydrogen-bond donors (Lipinski definition) is 0. The molecule has 0 unspecified atom stereocenters. The molecule has 70 valence electrons. The fourth-order valence-corrected chi connectivity index (χ4v) is 2.15. The number of aromatic nitrogens is 1. The van der Waals surface area contributed by atoms with E-state index < -0.39 is 0 Å². The standard InChI is InChI=1S/C12H11NO/c1-7-3-4-9-5-6-10-12(11(7)9)14-8(2)13-10/h5-6H,1,3-4H2,2H3. The Hall–Kier alpha value is -1.57. The van der Waals surface area contributed by atoms with Crippen molar-refractivity contribution in [2.24, 2.45) is 0 Å². The highest BCUT2D eigenvalue weighted by atomic mass is 16.3. The van der Waals surface area contributed by atoms with Gasteiger partial charge in [0.15, 0.2) is 11.5 Å². The summed E-state index contributed by atoms with van der Waals surface area (Å²) in [6.45, 7) is 5.95. The van der Waals surface area contributed by atoms with Crippen molar-refractivity contribution < 1.29 is 4.42 Å². The van der Waals surface area contributed by atoms with Crippen LogP contribution in [0, 0.1) is 6.92 Å². The van der Waals surface area contributed by atoms with E-state index in [2.05, 4.69) is 17.6 Å². The fourth-order valence-electron chi connectivity index (χ4n) is 2.15. The normalized spacial score (nSPS) is 15.1. The first-order valence-electron chi connectivity index (χ1n) is 4.83. The Morgan fingerprint density at radius 1 is 1.36 bits per heavy atom. The lowest BCUT2D eigenvalue weighted by atomic mass is 10.1. The van der Waals surface area contributed by atoms with Gasteiger partial charge in [0.25, 0.3) is 0 Å². The Balaban J connectivity index is 2.46. The molecular weight excluding hydrogens is 174 g/mol. The van der Waals surface area contributed by atoms with Crippen molar-refractivity contribution in [1.82, 2.24) is 4.98 Å². The molecule has 1 aliphatic carbocycles. The molecule has 2 nitrogen and oxygen atoms in total. The van der Waals surface area contributed by atoms with Gasteiger partial charge in [0.1, 0.15) is 5.52 Å². The monoisotopic (exact) mass is 185 g/mol. The summed E-state index contributed by atoms with van der Waals surface area (Å²) in [4.78, 5) is 4.32. The van der Waals surface area contributed by atoms with Crippen LogP contribution in [0.1, 0.15) is 23.4 Å². The largest absolute Gasteiger partial charge is 0.440 e. The highest BCUT2D eigenvalue weighted by molar-refractivity contribution is 5.90. The smallest absolute Gasteiger partial charge is 0.192 e. The lowest BCUT2D eigenvalue weighted by Crippen LogP contribution is -1.81. The van der Waals surface area contributed by atoms with Crippen LogP contribution in [0.15, 0.2) is 23.1 Å². The maximum Gasteiger partial charge on any atom is 0.192 e. The van der Waals surface area contributed by atoms with E-state index in [0.29, 0.717) is 0 Å². The predicted octanol–water partition coefficient (Wildman–Crippen LogP) is 3.10. The molecule has 0 N–H and O–H groups in total. The molecule has 2 heteroatoms. The van der Waals surface area contributed by atoms with Crippen molar-refractivity contribution in [3.8, 4) is 0 Å². The average Bonchev–Trinajstić information content (AvgIpc) is 2.68. The number of allylic oxidation sites excluding steroid dienone is 1. The zero-order chi connectivity index (χ0) is 9.71. The summed E-state index contributed by atoms with van der Waals surface area (Å²) in [5, 5.41) is 0. The van der Waals surface area contributed by atoms with Crippen molar-refractivity contribution in [2.45, 2.75) is 19.8 Å². The lowest BCUT2D eigenvalue weighted by Gasteiger charge is -1.98. The van der Waals surface area contributed by atoms with E-state index in [1.54, 1.807) is 0 Å². The number of fused-ring (bicyclic) bond motifs is 3. The highest BCUT2D eigenvalue weighted by Gasteiger charge is 2.20. The molecule has 1 heterocycles. The molecule has 0 spiro atoms. The summed E-state index contributed by atoms with van der Waals surface area (Å²) in [5.41, 5.74) is 5.59. The molecular formula is C12H11NO. The quantitative estimate of drug-likeness (QED) is 0.630. The molecule has 1 aliphatic rings. The zero-order valence-electron chi connectivity index (χ0n) is 8.13. The molecule has 1 aromatic carbocycles. The van der Waals surface area contributed by atoms with Crippen LogP contribution in [-0.2, 0) is 6.42 Å². The van der Waals surface area contributed by atoms with Crippen molar-refractivity contribution in [2.75, 3.05) is 0 Å². The van der Waals surface area contributed by atoms with Crippen molar-refractivity contribution in [3.63, 3.8) is 0 Å². The van der Waals surface area contributed by atoms with E-state index in [1.165, 1.54) is 16.7 Å². The van der Waals surface area contributed by atoms with Crippen molar-refractivity contribution in [3.05, 3.63) is 35.7 Å². The summed E-state index contributed by atoms with van der Waals surface area (Å²) >= 11 is 0. The summed E-state index contributed by atoms with van der Waals surface area (Å²) < 4.78 is 5.61. The Morgan fingerprint density at radius 2 is 2.21 bits per heavy atom. The summed E-state index contributed by atoms with van der Waals surface area (Å²) in [6.07, 6.45) is 2.14. The van der Waals surface area contributed by atoms with Gasteiger partial charge in [-0.05, 0) is 30.0 Å². The van der Waals surface area contributed by atoms with E-state index in [0.717, 1.165) is 29.8 Å². The second kappa shape index (κ2) is 2.47. The van der Waals surface area contributed by atoms with Crippen LogP contribution >= 0.6 is 0 Å². The third-order valence-corrected chi connectivity index (χ3v) is 2.80. The van der Waals surface area contributed by atoms with Gasteiger partial charge in [0, 0.05) is 12.5 Å². The molecule has 14 heavy (non-hydrogen) atoms. The summed E-state index contributed by atoms with van der Waals surface area (Å²) in [6, 6.07) is 4.17. The SMILES string of the molecule is C=C1CCc2ccc3nc(C)oc3c21. The fraction of sp³-hybridized carbons (Fsp3) is 0.250. The van der Waals surface area contributed by atoms with Crippen LogP contribution < -0.4 is 0 Å². The van der Waals surface area contributed by atoms with Gasteiger partial charge in [0.2, 0.25) is 0 Å². The van der Waals surface area contributed by atoms with Crippen molar-refractivity contribution >= 4 is 16.7 Å². The Kier molecular flexibility index (Phi) is 1.38. The first-order valence-corrected chi connectivity index (χ1v) is 4.83. The highest BCUT2D eigenvalue weighted by Crippen LogP contribution is 2.36. The molecule has 3 rings (SSSR count). The number of rotatable bonds is 0. The molecule has 0 fully saturated rings. The molecule has 0 aliphatic heterocycles. The molecule has 2 aromatic rings. The van der Waals surface area contributed by atoms with Gasteiger partial charge < -0.3 is 4.42 Å². The molecule has 0 saturated carbocycles. The minimum absolute atomic E-state index is 0.730. The molecule has 0 amide bonds. The maximum atomic E-state index is 5.61. The maximum absolute atomic E-state index is 5.61. The number of hydrogen-bond acceptors (Lipinski definition) is 2. The van der Waals surface area contributed by atoms with E-state index in [9.17, 15) is 0 Å². The predicted molar refractivity (Wildman–Crippen MR) is 56.1 cm³/mol. The van der Waals surface area contributed by atoms with Crippen LogP contribution in [0.4, 0.5) is 0 Å². The van der Waals surface area contributed by atoms with Gasteiger partial charge in [-0.15, -0.1) is 0 Å². The number of benzene rings is 1. The second-order valence-corrected chi connectivity index (χ2v) is 3.78. The minimum Gasteiger partial charge on any atom is -0.440 e. The molecule has 0 saturated heterocycles. The molecule has 0 radical (unpaired) electrons. The Morgan fingerprint density at radius 3 is 3.07 bits per heavy atom. The van der Waals surface area contributed by atoms with Gasteiger partial charge in [-0.25, -0.2) is 4.98 Å². The van der Waals surface area contributed by atoms with E-state index in [4.69, 9.17) is 4.42 Å². The summed E-state index contributed by atoms with van der Waals surface area (Å²) in [5.74, 6) is 0.730. The van der Waals surface area contributed by atoms with Gasteiger partial charge in [-0.2, -0.15) is 0 Å². The van der Waals surface area contributed by atoms with Crippen LogP contribution in [0.5, 0.6) is 0 Å². The number of oxazole rings is 1. The zero-order valence-corrected chi connectivity index (χ0v) is 8.13. The minimum atomic E-state index is 0.730. The first-order chi connectivity index (χ1) is 6.75.